The smallest absolute Gasteiger partial charge is 0.265 e. The van der Waals surface area contributed by atoms with Crippen molar-refractivity contribution in [2.45, 2.75) is 6.54 Å². The number of carbonyl (C=O) groups is 1. The van der Waals surface area contributed by atoms with Crippen molar-refractivity contribution in [3.05, 3.63) is 83.9 Å². The van der Waals surface area contributed by atoms with Crippen LogP contribution in [0.4, 0.5) is 0 Å². The van der Waals surface area contributed by atoms with Gasteiger partial charge < -0.3 is 10.8 Å². The van der Waals surface area contributed by atoms with Crippen LogP contribution in [-0.4, -0.2) is 26.0 Å². The van der Waals surface area contributed by atoms with Crippen LogP contribution in [0.3, 0.4) is 0 Å². The van der Waals surface area contributed by atoms with Gasteiger partial charge in [-0.25, -0.2) is 20.8 Å². The molecular formula is C23H20N6O2. The summed E-state index contributed by atoms with van der Waals surface area (Å²) in [4.78, 5) is 25.8. The lowest BCUT2D eigenvalue weighted by molar-refractivity contribution is 0.0953. The molecule has 6 N–H and O–H groups in total. The summed E-state index contributed by atoms with van der Waals surface area (Å²) in [5, 5.41) is 10.3. The summed E-state index contributed by atoms with van der Waals surface area (Å²) >= 11 is 0. The van der Waals surface area contributed by atoms with Gasteiger partial charge in [0, 0.05) is 23.2 Å². The molecule has 1 amide bonds. The molecule has 0 aliphatic rings. The van der Waals surface area contributed by atoms with Crippen molar-refractivity contribution in [1.29, 1.82) is 0 Å². The molecule has 0 fully saturated rings. The third-order valence-corrected chi connectivity index (χ3v) is 4.77. The summed E-state index contributed by atoms with van der Waals surface area (Å²) in [6.45, 7) is 0.315. The SMILES string of the molecule is NCc1ccccc1-c1nc(-c2cccc(C(=O)NN)c2)nc(-c2ccccc2O)n1. The van der Waals surface area contributed by atoms with Gasteiger partial charge in [-0.15, -0.1) is 0 Å². The third kappa shape index (κ3) is 4.11. The first kappa shape index (κ1) is 20.1. The van der Waals surface area contributed by atoms with Crippen molar-refractivity contribution < 1.29 is 9.90 Å². The topological polar surface area (TPSA) is 140 Å². The number of nitrogen functional groups attached to an aromatic ring is 1. The quantitative estimate of drug-likeness (QED) is 0.224. The van der Waals surface area contributed by atoms with Crippen LogP contribution < -0.4 is 17.0 Å². The highest BCUT2D eigenvalue weighted by atomic mass is 16.3. The Bertz CT molecular complexity index is 1260. The molecule has 0 bridgehead atoms. The highest BCUT2D eigenvalue weighted by Gasteiger charge is 2.16. The van der Waals surface area contributed by atoms with E-state index in [4.69, 9.17) is 11.6 Å². The minimum absolute atomic E-state index is 0.0500. The van der Waals surface area contributed by atoms with E-state index >= 15 is 0 Å². The largest absolute Gasteiger partial charge is 0.507 e. The van der Waals surface area contributed by atoms with Crippen LogP contribution in [0.1, 0.15) is 15.9 Å². The van der Waals surface area contributed by atoms with Gasteiger partial charge in [-0.1, -0.05) is 48.5 Å². The van der Waals surface area contributed by atoms with E-state index in [-0.39, 0.29) is 5.75 Å². The first-order valence-electron chi connectivity index (χ1n) is 9.55. The van der Waals surface area contributed by atoms with Crippen LogP contribution in [0.5, 0.6) is 5.75 Å². The Balaban J connectivity index is 1.95. The number of nitrogens with two attached hydrogens (primary N) is 2. The number of hydrazine groups is 1. The average molecular weight is 412 g/mol. The van der Waals surface area contributed by atoms with Gasteiger partial charge in [-0.2, -0.15) is 0 Å². The van der Waals surface area contributed by atoms with Crippen LogP contribution in [0.2, 0.25) is 0 Å². The van der Waals surface area contributed by atoms with Crippen molar-refractivity contribution in [1.82, 2.24) is 20.4 Å². The zero-order chi connectivity index (χ0) is 21.8. The highest BCUT2D eigenvalue weighted by Crippen LogP contribution is 2.30. The van der Waals surface area contributed by atoms with E-state index in [0.717, 1.165) is 11.1 Å². The average Bonchev–Trinajstić information content (AvgIpc) is 2.83. The number of phenols is 1. The monoisotopic (exact) mass is 412 g/mol. The molecule has 4 rings (SSSR count). The fourth-order valence-corrected chi connectivity index (χ4v) is 3.21. The molecule has 0 unspecified atom stereocenters. The van der Waals surface area contributed by atoms with E-state index < -0.39 is 5.91 Å². The van der Waals surface area contributed by atoms with Gasteiger partial charge in [-0.3, -0.25) is 10.2 Å². The van der Waals surface area contributed by atoms with Gasteiger partial charge in [0.2, 0.25) is 0 Å². The van der Waals surface area contributed by atoms with Crippen LogP contribution >= 0.6 is 0 Å². The molecule has 0 atom stereocenters. The zero-order valence-corrected chi connectivity index (χ0v) is 16.5. The molecule has 3 aromatic carbocycles. The molecule has 8 nitrogen and oxygen atoms in total. The standard InChI is InChI=1S/C23H20N6O2/c24-13-16-6-1-2-9-17(16)21-26-20(14-7-5-8-15(12-14)23(31)29-25)27-22(28-21)18-10-3-4-11-19(18)30/h1-12,30H,13,24-25H2,(H,29,31). The number of carbonyl (C=O) groups excluding carboxylic acids is 1. The number of benzene rings is 3. The van der Waals surface area contributed by atoms with Gasteiger partial charge in [0.15, 0.2) is 17.5 Å². The van der Waals surface area contributed by atoms with E-state index in [1.165, 1.54) is 0 Å². The number of hydrogen-bond acceptors (Lipinski definition) is 7. The molecule has 0 aliphatic heterocycles. The van der Waals surface area contributed by atoms with E-state index in [2.05, 4.69) is 20.4 Å². The Labute approximate surface area is 178 Å². The zero-order valence-electron chi connectivity index (χ0n) is 16.5. The van der Waals surface area contributed by atoms with Crippen LogP contribution in [0.25, 0.3) is 34.2 Å². The second-order valence-corrected chi connectivity index (χ2v) is 6.74. The normalized spacial score (nSPS) is 10.6. The molecule has 1 aromatic heterocycles. The van der Waals surface area contributed by atoms with Gasteiger partial charge in [0.1, 0.15) is 5.75 Å². The minimum atomic E-state index is -0.425. The Morgan fingerprint density at radius 3 is 2.19 bits per heavy atom. The van der Waals surface area contributed by atoms with Crippen molar-refractivity contribution in [3.63, 3.8) is 0 Å². The fourth-order valence-electron chi connectivity index (χ4n) is 3.21. The summed E-state index contributed by atoms with van der Waals surface area (Å²) in [5.74, 6) is 5.95. The molecule has 0 radical (unpaired) electrons. The van der Waals surface area contributed by atoms with E-state index in [0.29, 0.717) is 40.7 Å². The molecule has 154 valence electrons. The number of aromatic nitrogens is 3. The molecule has 0 saturated heterocycles. The van der Waals surface area contributed by atoms with E-state index in [9.17, 15) is 9.90 Å². The second kappa shape index (κ2) is 8.70. The molecule has 1 heterocycles. The number of aromatic hydroxyl groups is 1. The molecule has 31 heavy (non-hydrogen) atoms. The van der Waals surface area contributed by atoms with Crippen LogP contribution in [0, 0.1) is 0 Å². The number of hydrogen-bond donors (Lipinski definition) is 4. The minimum Gasteiger partial charge on any atom is -0.507 e. The number of nitrogens with zero attached hydrogens (tertiary/aromatic N) is 3. The molecule has 0 spiro atoms. The fraction of sp³-hybridized carbons (Fsp3) is 0.0435. The van der Waals surface area contributed by atoms with Crippen LogP contribution in [-0.2, 0) is 6.54 Å². The number of nitrogens with one attached hydrogen (secondary N) is 1. The summed E-state index contributed by atoms with van der Waals surface area (Å²) in [6.07, 6.45) is 0. The maximum Gasteiger partial charge on any atom is 0.265 e. The predicted octanol–water partition coefficient (Wildman–Crippen LogP) is 2.64. The van der Waals surface area contributed by atoms with E-state index in [1.54, 1.807) is 48.5 Å². The number of para-hydroxylation sites is 1. The summed E-state index contributed by atoms with van der Waals surface area (Å²) in [5.41, 5.74) is 11.1. The molecule has 8 heteroatoms. The van der Waals surface area contributed by atoms with Crippen molar-refractivity contribution >= 4 is 5.91 Å². The Morgan fingerprint density at radius 2 is 1.48 bits per heavy atom. The number of phenolic OH excluding ortho intramolecular Hbond substituents is 1. The maximum atomic E-state index is 12.0. The maximum absolute atomic E-state index is 12.0. The van der Waals surface area contributed by atoms with Gasteiger partial charge in [0.05, 0.1) is 5.56 Å². The first-order valence-corrected chi connectivity index (χ1v) is 9.55. The van der Waals surface area contributed by atoms with Crippen molar-refractivity contribution in [2.24, 2.45) is 11.6 Å². The Morgan fingerprint density at radius 1 is 0.839 bits per heavy atom. The molecule has 0 saturated carbocycles. The third-order valence-electron chi connectivity index (χ3n) is 4.77. The Kier molecular flexibility index (Phi) is 5.65. The lowest BCUT2D eigenvalue weighted by Gasteiger charge is -2.11. The number of amides is 1. The van der Waals surface area contributed by atoms with Gasteiger partial charge >= 0.3 is 0 Å². The molecule has 4 aromatic rings. The predicted molar refractivity (Wildman–Crippen MR) is 117 cm³/mol. The van der Waals surface area contributed by atoms with Crippen molar-refractivity contribution in [2.75, 3.05) is 0 Å². The molecular weight excluding hydrogens is 392 g/mol. The lowest BCUT2D eigenvalue weighted by atomic mass is 10.1. The summed E-state index contributed by atoms with van der Waals surface area (Å²) in [7, 11) is 0. The van der Waals surface area contributed by atoms with Crippen molar-refractivity contribution in [3.8, 4) is 39.9 Å². The highest BCUT2D eigenvalue weighted by molar-refractivity contribution is 5.94. The molecule has 0 aliphatic carbocycles. The van der Waals surface area contributed by atoms with Gasteiger partial charge in [0.25, 0.3) is 5.91 Å². The number of rotatable bonds is 5. The lowest BCUT2D eigenvalue weighted by Crippen LogP contribution is -2.29. The second-order valence-electron chi connectivity index (χ2n) is 6.74. The Hall–Kier alpha value is -4.14. The van der Waals surface area contributed by atoms with Crippen LogP contribution in [0.15, 0.2) is 72.8 Å². The summed E-state index contributed by atoms with van der Waals surface area (Å²) < 4.78 is 0. The van der Waals surface area contributed by atoms with Gasteiger partial charge in [-0.05, 0) is 29.8 Å². The van der Waals surface area contributed by atoms with E-state index in [1.807, 2.05) is 24.3 Å². The summed E-state index contributed by atoms with van der Waals surface area (Å²) in [6, 6.07) is 21.2. The first-order chi connectivity index (χ1) is 15.1.